The van der Waals surface area contributed by atoms with Crippen molar-refractivity contribution in [3.63, 3.8) is 0 Å². The molecule has 0 aromatic heterocycles. The summed E-state index contributed by atoms with van der Waals surface area (Å²) in [6, 6.07) is 0. The van der Waals surface area contributed by atoms with Gasteiger partial charge in [-0.2, -0.15) is 0 Å². The quantitative estimate of drug-likeness (QED) is 0.118. The average Bonchev–Trinajstić information content (AvgIpc) is 2.87. The number of carbonyl (C=O) groups is 7. The van der Waals surface area contributed by atoms with Crippen molar-refractivity contribution < 1.29 is 80.9 Å². The summed E-state index contributed by atoms with van der Waals surface area (Å²) in [6.45, 7) is 6.66. The molecule has 248 valence electrons. The van der Waals surface area contributed by atoms with Crippen molar-refractivity contribution in [2.45, 2.75) is 108 Å². The number of alkyl halides is 1. The van der Waals surface area contributed by atoms with Gasteiger partial charge in [-0.3, -0.25) is 33.6 Å². The van der Waals surface area contributed by atoms with Gasteiger partial charge in [-0.25, -0.2) is 0 Å². The van der Waals surface area contributed by atoms with Crippen molar-refractivity contribution in [2.24, 2.45) is 0 Å². The second-order valence-electron chi connectivity index (χ2n) is 9.64. The van der Waals surface area contributed by atoms with Crippen LogP contribution < -0.4 is 0 Å². The molecule has 2 heterocycles. The van der Waals surface area contributed by atoms with Crippen molar-refractivity contribution >= 4 is 64.4 Å². The second kappa shape index (κ2) is 16.8. The van der Waals surface area contributed by atoms with Gasteiger partial charge in [0.15, 0.2) is 36.8 Å². The Bertz CT molecular complexity index is 1090. The minimum atomic E-state index is -1.72. The van der Waals surface area contributed by atoms with Gasteiger partial charge in [-0.05, 0) is 22.6 Å². The highest BCUT2D eigenvalue weighted by Gasteiger charge is 2.57. The maximum atomic E-state index is 12.2. The molecule has 0 unspecified atom stereocenters. The van der Waals surface area contributed by atoms with Crippen LogP contribution in [0.1, 0.15) is 48.5 Å². The number of hydrogen-bond donors (Lipinski definition) is 0. The average molecular weight is 746 g/mol. The van der Waals surface area contributed by atoms with Crippen molar-refractivity contribution in [2.75, 3.05) is 13.2 Å². The molecule has 2 aliphatic heterocycles. The topological polar surface area (TPSA) is 212 Å². The van der Waals surface area contributed by atoms with Crippen LogP contribution in [0.2, 0.25) is 0 Å². The summed E-state index contributed by atoms with van der Waals surface area (Å²) in [6.07, 6.45) is -13.0. The third-order valence-corrected chi connectivity index (χ3v) is 6.87. The molecule has 0 amide bonds. The van der Waals surface area contributed by atoms with E-state index in [1.54, 1.807) is 22.6 Å². The zero-order valence-electron chi connectivity index (χ0n) is 25.0. The third-order valence-electron chi connectivity index (χ3n) is 5.87. The monoisotopic (exact) mass is 746 g/mol. The van der Waals surface area contributed by atoms with Crippen LogP contribution in [-0.2, 0) is 80.9 Å². The molecule has 0 aromatic rings. The van der Waals surface area contributed by atoms with Gasteiger partial charge in [-0.1, -0.05) is 0 Å². The highest BCUT2D eigenvalue weighted by Crippen LogP contribution is 2.36. The van der Waals surface area contributed by atoms with Gasteiger partial charge in [0.25, 0.3) is 0 Å². The Hall–Kier alpha value is -3.10. The molecule has 18 heteroatoms. The van der Waals surface area contributed by atoms with Crippen LogP contribution in [0.15, 0.2) is 0 Å². The van der Waals surface area contributed by atoms with Crippen molar-refractivity contribution in [3.8, 4) is 0 Å². The van der Waals surface area contributed by atoms with Crippen LogP contribution in [0, 0.1) is 0 Å². The molecule has 0 aromatic carbocycles. The smallest absolute Gasteiger partial charge is 0.303 e. The fourth-order valence-corrected chi connectivity index (χ4v) is 5.39. The molecule has 0 radical (unpaired) electrons. The minimum Gasteiger partial charge on any atom is -0.463 e. The lowest BCUT2D eigenvalue weighted by Gasteiger charge is -2.48. The van der Waals surface area contributed by atoms with Crippen molar-refractivity contribution in [1.82, 2.24) is 0 Å². The first-order chi connectivity index (χ1) is 20.5. The number of carbonyl (C=O) groups excluding carboxylic acids is 7. The maximum Gasteiger partial charge on any atom is 0.303 e. The number of rotatable bonds is 11. The Labute approximate surface area is 265 Å². The van der Waals surface area contributed by atoms with E-state index in [2.05, 4.69) is 0 Å². The zero-order chi connectivity index (χ0) is 33.3. The van der Waals surface area contributed by atoms with Crippen LogP contribution in [0.5, 0.6) is 0 Å². The Morgan fingerprint density at radius 1 is 0.477 bits per heavy atom. The predicted octanol–water partition coefficient (Wildman–Crippen LogP) is 0.0411. The Balaban J connectivity index is 2.66. The predicted molar refractivity (Wildman–Crippen MR) is 147 cm³/mol. The van der Waals surface area contributed by atoms with E-state index in [0.29, 0.717) is 0 Å². The third kappa shape index (κ3) is 11.1. The number of halogens is 1. The highest BCUT2D eigenvalue weighted by atomic mass is 127. The molecule has 2 rings (SSSR count). The van der Waals surface area contributed by atoms with Gasteiger partial charge < -0.3 is 47.4 Å². The number of esters is 7. The van der Waals surface area contributed by atoms with E-state index in [-0.39, 0.29) is 0 Å². The van der Waals surface area contributed by atoms with Crippen LogP contribution in [0.3, 0.4) is 0 Å². The molecule has 0 N–H and O–H groups in total. The van der Waals surface area contributed by atoms with E-state index in [9.17, 15) is 33.6 Å². The number of ether oxygens (including phenoxy) is 10. The van der Waals surface area contributed by atoms with Gasteiger partial charge in [-0.15, -0.1) is 0 Å². The number of hydrogen-bond acceptors (Lipinski definition) is 17. The second-order valence-corrected chi connectivity index (χ2v) is 10.9. The zero-order valence-corrected chi connectivity index (χ0v) is 27.2. The van der Waals surface area contributed by atoms with Crippen LogP contribution >= 0.6 is 22.6 Å². The normalized spacial score (nSPS) is 31.5. The molecular weight excluding hydrogens is 711 g/mol. The standard InChI is InChI=1S/C26H35IO17/c1-10(28)35-8-17-20(21(38-13(4)31)23(25(27)42-17)40-15(6)33)44-26-24(41-16(7)34)22(39-14(5)32)19(37-12(3)30)18(43-26)9-36-11(2)29/h17-26H,8-9H2,1-7H3/t17-,18-,19-,20-,21+,22+,23+,24-,25+,26+/m1/s1. The van der Waals surface area contributed by atoms with Crippen molar-refractivity contribution in [3.05, 3.63) is 0 Å². The fraction of sp³-hybridized carbons (Fsp3) is 0.731. The maximum absolute atomic E-state index is 12.2. The van der Waals surface area contributed by atoms with E-state index >= 15 is 0 Å². The summed E-state index contributed by atoms with van der Waals surface area (Å²) in [5.41, 5.74) is 0. The summed E-state index contributed by atoms with van der Waals surface area (Å²) in [7, 11) is 0. The molecule has 2 aliphatic rings. The lowest BCUT2D eigenvalue weighted by Crippen LogP contribution is -2.66. The van der Waals surface area contributed by atoms with Gasteiger partial charge in [0, 0.05) is 48.5 Å². The lowest BCUT2D eigenvalue weighted by molar-refractivity contribution is -0.340. The Morgan fingerprint density at radius 3 is 1.27 bits per heavy atom. The lowest BCUT2D eigenvalue weighted by atomic mass is 9.96. The van der Waals surface area contributed by atoms with E-state index in [4.69, 9.17) is 47.4 Å². The van der Waals surface area contributed by atoms with E-state index in [1.807, 2.05) is 0 Å². The summed E-state index contributed by atoms with van der Waals surface area (Å²) >= 11 is 1.80. The van der Waals surface area contributed by atoms with Crippen LogP contribution in [0.25, 0.3) is 0 Å². The molecule has 0 bridgehead atoms. The molecule has 10 atom stereocenters. The van der Waals surface area contributed by atoms with Crippen LogP contribution in [0.4, 0.5) is 0 Å². The summed E-state index contributed by atoms with van der Waals surface area (Å²) in [5, 5.41) is 0. The molecule has 2 fully saturated rings. The minimum absolute atomic E-state index is 0.435. The molecular formula is C26H35IO17. The van der Waals surface area contributed by atoms with Gasteiger partial charge in [0.1, 0.15) is 35.6 Å². The summed E-state index contributed by atoms with van der Waals surface area (Å²) < 4.78 is 54.4. The van der Waals surface area contributed by atoms with E-state index in [1.165, 1.54) is 0 Å². The molecule has 2 saturated heterocycles. The van der Waals surface area contributed by atoms with Crippen molar-refractivity contribution in [1.29, 1.82) is 0 Å². The Kier molecular flexibility index (Phi) is 14.2. The van der Waals surface area contributed by atoms with E-state index < -0.39 is 114 Å². The molecule has 17 nitrogen and oxygen atoms in total. The SMILES string of the molecule is CC(=O)OC[C@H]1O[C@@H](O[C@H]2[C@H](OC(C)=O)[C@H](OC(C)=O)[C@@H](I)O[C@@H]2COC(C)=O)[C@H](OC(C)=O)[C@@H](OC(C)=O)[C@@H]1OC(C)=O. The molecule has 0 spiro atoms. The summed E-state index contributed by atoms with van der Waals surface area (Å²) in [5.74, 6) is -5.56. The van der Waals surface area contributed by atoms with E-state index in [0.717, 1.165) is 48.5 Å². The molecule has 0 saturated carbocycles. The first kappa shape index (κ1) is 37.1. The van der Waals surface area contributed by atoms with Crippen LogP contribution in [-0.4, -0.2) is 114 Å². The fourth-order valence-electron chi connectivity index (χ4n) is 4.46. The van der Waals surface area contributed by atoms with Gasteiger partial charge in [0.05, 0.1) is 0 Å². The first-order valence-corrected chi connectivity index (χ1v) is 14.5. The largest absolute Gasteiger partial charge is 0.463 e. The molecule has 0 aliphatic carbocycles. The van der Waals surface area contributed by atoms with Gasteiger partial charge >= 0.3 is 41.8 Å². The first-order valence-electron chi connectivity index (χ1n) is 13.2. The molecule has 44 heavy (non-hydrogen) atoms. The van der Waals surface area contributed by atoms with Gasteiger partial charge in [0.2, 0.25) is 0 Å². The highest BCUT2D eigenvalue weighted by molar-refractivity contribution is 14.1. The Morgan fingerprint density at radius 2 is 0.841 bits per heavy atom. The summed E-state index contributed by atoms with van der Waals surface area (Å²) in [4.78, 5) is 83.8.